The van der Waals surface area contributed by atoms with E-state index < -0.39 is 18.6 Å². The van der Waals surface area contributed by atoms with Crippen LogP contribution in [0.3, 0.4) is 0 Å². The number of carbonyl (C=O) groups excluding carboxylic acids is 1. The van der Waals surface area contributed by atoms with Crippen LogP contribution in [0.2, 0.25) is 0 Å². The van der Waals surface area contributed by atoms with Crippen molar-refractivity contribution in [2.24, 2.45) is 5.73 Å². The van der Waals surface area contributed by atoms with E-state index in [0.29, 0.717) is 12.3 Å². The van der Waals surface area contributed by atoms with E-state index in [1.54, 1.807) is 6.07 Å². The number of imidazole rings is 1. The zero-order chi connectivity index (χ0) is 22.0. The molecule has 0 aliphatic heterocycles. The third-order valence-electron chi connectivity index (χ3n) is 5.50. The van der Waals surface area contributed by atoms with Crippen molar-refractivity contribution >= 4 is 16.9 Å². The number of hydrogen-bond acceptors (Lipinski definition) is 4. The average Bonchev–Trinajstić information content (AvgIpc) is 3.13. The molecule has 1 heterocycles. The van der Waals surface area contributed by atoms with Gasteiger partial charge in [-0.1, -0.05) is 42.5 Å². The highest BCUT2D eigenvalue weighted by Crippen LogP contribution is 2.33. The van der Waals surface area contributed by atoms with Crippen molar-refractivity contribution in [2.45, 2.75) is 26.5 Å². The Kier molecular flexibility index (Phi) is 5.73. The molecule has 4 aromatic rings. The number of aryl methyl sites for hydroxylation is 2. The number of amides is 1. The Hall–Kier alpha value is -3.64. The average molecular weight is 415 g/mol. The number of primary amides is 1. The lowest BCUT2D eigenvalue weighted by molar-refractivity contribution is -0.126. The van der Waals surface area contributed by atoms with E-state index in [1.165, 1.54) is 16.7 Å². The zero-order valence-electron chi connectivity index (χ0n) is 17.6. The molecular weight excluding hydrogens is 390 g/mol. The monoisotopic (exact) mass is 415 g/mol. The standard InChI is InChI=1S/C25H25N3O3/c1-16-8-7-9-17(2)19(16)14-28-21-12-5-4-11-20(21)27-25(28)18-10-3-6-13-22(18)31-23(15-29)24(26)30/h3-13,23,29H,14-15H2,1-2H3,(H2,26,30). The summed E-state index contributed by atoms with van der Waals surface area (Å²) in [4.78, 5) is 16.5. The van der Waals surface area contributed by atoms with Crippen LogP contribution in [0.1, 0.15) is 16.7 Å². The number of rotatable bonds is 7. The zero-order valence-corrected chi connectivity index (χ0v) is 17.6. The van der Waals surface area contributed by atoms with Crippen LogP contribution < -0.4 is 10.5 Å². The number of aliphatic hydroxyl groups excluding tert-OH is 1. The van der Waals surface area contributed by atoms with Gasteiger partial charge in [0.15, 0.2) is 6.10 Å². The summed E-state index contributed by atoms with van der Waals surface area (Å²) in [6, 6.07) is 21.6. The van der Waals surface area contributed by atoms with Gasteiger partial charge in [-0.25, -0.2) is 4.98 Å². The molecule has 0 aliphatic carbocycles. The third-order valence-corrected chi connectivity index (χ3v) is 5.50. The quantitative estimate of drug-likeness (QED) is 0.483. The van der Waals surface area contributed by atoms with E-state index in [-0.39, 0.29) is 0 Å². The first-order valence-corrected chi connectivity index (χ1v) is 10.2. The highest BCUT2D eigenvalue weighted by atomic mass is 16.5. The van der Waals surface area contributed by atoms with Crippen molar-refractivity contribution in [3.05, 3.63) is 83.4 Å². The maximum absolute atomic E-state index is 11.6. The Labute approximate surface area is 180 Å². The molecule has 0 radical (unpaired) electrons. The minimum atomic E-state index is -1.13. The van der Waals surface area contributed by atoms with Crippen LogP contribution in [-0.4, -0.2) is 33.3 Å². The summed E-state index contributed by atoms with van der Waals surface area (Å²) in [6.07, 6.45) is -1.13. The molecule has 31 heavy (non-hydrogen) atoms. The van der Waals surface area contributed by atoms with Gasteiger partial charge in [-0.3, -0.25) is 4.79 Å². The lowest BCUT2D eigenvalue weighted by atomic mass is 10.0. The Morgan fingerprint density at radius 3 is 2.42 bits per heavy atom. The lowest BCUT2D eigenvalue weighted by Crippen LogP contribution is -2.36. The molecule has 3 N–H and O–H groups in total. The fourth-order valence-corrected chi connectivity index (χ4v) is 3.79. The molecule has 1 atom stereocenters. The van der Waals surface area contributed by atoms with Gasteiger partial charge in [0.2, 0.25) is 0 Å². The molecule has 0 fully saturated rings. The summed E-state index contributed by atoms with van der Waals surface area (Å²) < 4.78 is 7.94. The van der Waals surface area contributed by atoms with Gasteiger partial charge in [-0.2, -0.15) is 0 Å². The molecule has 3 aromatic carbocycles. The van der Waals surface area contributed by atoms with Gasteiger partial charge in [-0.15, -0.1) is 0 Å². The van der Waals surface area contributed by atoms with Crippen molar-refractivity contribution < 1.29 is 14.6 Å². The number of nitrogens with two attached hydrogens (primary N) is 1. The van der Waals surface area contributed by atoms with Crippen molar-refractivity contribution in [2.75, 3.05) is 6.61 Å². The van der Waals surface area contributed by atoms with Crippen molar-refractivity contribution in [1.29, 1.82) is 0 Å². The first kappa shape index (κ1) is 20.6. The number of benzene rings is 3. The number of hydrogen-bond donors (Lipinski definition) is 2. The van der Waals surface area contributed by atoms with Gasteiger partial charge in [0.1, 0.15) is 11.6 Å². The van der Waals surface area contributed by atoms with E-state index in [0.717, 1.165) is 22.4 Å². The molecular formula is C25H25N3O3. The van der Waals surface area contributed by atoms with E-state index >= 15 is 0 Å². The number of ether oxygens (including phenoxy) is 1. The maximum atomic E-state index is 11.6. The molecule has 0 saturated heterocycles. The summed E-state index contributed by atoms with van der Waals surface area (Å²) in [5, 5.41) is 9.50. The Morgan fingerprint density at radius 2 is 1.71 bits per heavy atom. The molecule has 6 heteroatoms. The number of fused-ring (bicyclic) bond motifs is 1. The maximum Gasteiger partial charge on any atom is 0.260 e. The molecule has 0 aliphatic rings. The Balaban J connectivity index is 1.88. The van der Waals surface area contributed by atoms with Crippen LogP contribution in [0.5, 0.6) is 5.75 Å². The van der Waals surface area contributed by atoms with Gasteiger partial charge in [0, 0.05) is 0 Å². The molecule has 0 bridgehead atoms. The van der Waals surface area contributed by atoms with E-state index in [1.807, 2.05) is 42.5 Å². The molecule has 6 nitrogen and oxygen atoms in total. The number of nitrogens with zero attached hydrogens (tertiary/aromatic N) is 2. The van der Waals surface area contributed by atoms with Crippen molar-refractivity contribution in [1.82, 2.24) is 9.55 Å². The number of para-hydroxylation sites is 3. The van der Waals surface area contributed by atoms with Gasteiger partial charge in [0.05, 0.1) is 29.7 Å². The molecule has 1 aromatic heterocycles. The van der Waals surface area contributed by atoms with E-state index in [2.05, 4.69) is 36.6 Å². The topological polar surface area (TPSA) is 90.4 Å². The second-order valence-electron chi connectivity index (χ2n) is 7.57. The predicted molar refractivity (Wildman–Crippen MR) is 121 cm³/mol. The fraction of sp³-hybridized carbons (Fsp3) is 0.200. The fourth-order valence-electron chi connectivity index (χ4n) is 3.79. The molecule has 0 saturated carbocycles. The normalized spacial score (nSPS) is 12.1. The smallest absolute Gasteiger partial charge is 0.260 e. The molecule has 1 unspecified atom stereocenters. The summed E-state index contributed by atoms with van der Waals surface area (Å²) in [5.41, 5.74) is 11.6. The van der Waals surface area contributed by atoms with Crippen LogP contribution in [0.25, 0.3) is 22.4 Å². The van der Waals surface area contributed by atoms with Gasteiger partial charge in [-0.05, 0) is 54.8 Å². The minimum Gasteiger partial charge on any atom is -0.477 e. The second-order valence-corrected chi connectivity index (χ2v) is 7.57. The van der Waals surface area contributed by atoms with Crippen LogP contribution in [0, 0.1) is 13.8 Å². The van der Waals surface area contributed by atoms with Crippen LogP contribution in [0.15, 0.2) is 66.7 Å². The van der Waals surface area contributed by atoms with E-state index in [9.17, 15) is 9.90 Å². The van der Waals surface area contributed by atoms with Crippen LogP contribution in [-0.2, 0) is 11.3 Å². The van der Waals surface area contributed by atoms with Crippen LogP contribution >= 0.6 is 0 Å². The summed E-state index contributed by atoms with van der Waals surface area (Å²) in [5.74, 6) is 0.445. The first-order valence-electron chi connectivity index (χ1n) is 10.2. The Morgan fingerprint density at radius 1 is 1.03 bits per heavy atom. The lowest BCUT2D eigenvalue weighted by Gasteiger charge is -2.18. The Bertz CT molecular complexity index is 1230. The number of aliphatic hydroxyl groups is 1. The van der Waals surface area contributed by atoms with Gasteiger partial charge < -0.3 is 20.1 Å². The first-order chi connectivity index (χ1) is 15.0. The second kappa shape index (κ2) is 8.62. The highest BCUT2D eigenvalue weighted by molar-refractivity contribution is 5.83. The molecule has 1 amide bonds. The van der Waals surface area contributed by atoms with E-state index in [4.69, 9.17) is 15.5 Å². The largest absolute Gasteiger partial charge is 0.477 e. The SMILES string of the molecule is Cc1cccc(C)c1Cn1c(-c2ccccc2OC(CO)C(N)=O)nc2ccccc21. The molecule has 4 rings (SSSR count). The number of carbonyl (C=O) groups is 1. The van der Waals surface area contributed by atoms with Gasteiger partial charge in [0.25, 0.3) is 5.91 Å². The summed E-state index contributed by atoms with van der Waals surface area (Å²) in [6.45, 7) is 4.36. The molecule has 158 valence electrons. The van der Waals surface area contributed by atoms with Crippen LogP contribution in [0.4, 0.5) is 0 Å². The summed E-state index contributed by atoms with van der Waals surface area (Å²) in [7, 11) is 0. The minimum absolute atomic E-state index is 0.443. The van der Waals surface area contributed by atoms with Crippen molar-refractivity contribution in [3.63, 3.8) is 0 Å². The highest BCUT2D eigenvalue weighted by Gasteiger charge is 2.21. The molecule has 0 spiro atoms. The van der Waals surface area contributed by atoms with Crippen molar-refractivity contribution in [3.8, 4) is 17.1 Å². The third kappa shape index (κ3) is 4.02. The summed E-state index contributed by atoms with van der Waals surface area (Å²) >= 11 is 0. The number of aromatic nitrogens is 2. The van der Waals surface area contributed by atoms with Gasteiger partial charge >= 0.3 is 0 Å². The predicted octanol–water partition coefficient (Wildman–Crippen LogP) is 3.59.